The molecule has 0 spiro atoms. The monoisotopic (exact) mass is 565 g/mol. The van der Waals surface area contributed by atoms with E-state index >= 15 is 0 Å². The third-order valence-electron chi connectivity index (χ3n) is 7.24. The molecule has 5 rings (SSSR count). The fraction of sp³-hybridized carbons (Fsp3) is 0.267. The minimum atomic E-state index is -0.650. The molecule has 202 valence electrons. The summed E-state index contributed by atoms with van der Waals surface area (Å²) in [6.45, 7) is 7.72. The highest BCUT2D eigenvalue weighted by Gasteiger charge is 2.26. The van der Waals surface area contributed by atoms with Crippen LogP contribution >= 0.6 is 23.2 Å². The first kappa shape index (κ1) is 27.2. The third kappa shape index (κ3) is 5.81. The number of nitrogens with zero attached hydrogens (tertiary/aromatic N) is 4. The quantitative estimate of drug-likeness (QED) is 0.175. The van der Waals surface area contributed by atoms with Crippen LogP contribution in [0, 0.1) is 5.82 Å². The van der Waals surface area contributed by atoms with Crippen molar-refractivity contribution in [1.82, 2.24) is 19.7 Å². The van der Waals surface area contributed by atoms with Crippen molar-refractivity contribution in [2.45, 2.75) is 38.0 Å². The number of aromatic nitrogens is 3. The Morgan fingerprint density at radius 1 is 1.10 bits per heavy atom. The lowest BCUT2D eigenvalue weighted by atomic mass is 9.99. The van der Waals surface area contributed by atoms with E-state index in [4.69, 9.17) is 33.7 Å². The molecule has 39 heavy (non-hydrogen) atoms. The number of benzene rings is 2. The zero-order chi connectivity index (χ0) is 27.5. The minimum Gasteiger partial charge on any atom is -0.482 e. The molecule has 2 N–H and O–H groups in total. The minimum absolute atomic E-state index is 0.0758. The summed E-state index contributed by atoms with van der Waals surface area (Å²) in [5.41, 5.74) is 9.43. The first-order valence-corrected chi connectivity index (χ1v) is 13.6. The standard InChI is InChI=1S/C30H30Cl2FN5O/c1-3-26(20-7-5-4-6-8-20)37-13-11-23(12-14-37)38-18-22(17-36-38)21-15-27(30(34)35-16-21)39-19(2)28-24(31)9-10-25(33)29(28)32/h3-10,15-19,23,26H,1,11-14H2,2H3,(H2,34,35)/t19?,26-/m1/s1. The molecule has 0 radical (unpaired) electrons. The van der Waals surface area contributed by atoms with E-state index in [1.807, 2.05) is 29.2 Å². The van der Waals surface area contributed by atoms with E-state index in [2.05, 4.69) is 45.8 Å². The first-order valence-electron chi connectivity index (χ1n) is 12.9. The van der Waals surface area contributed by atoms with Gasteiger partial charge >= 0.3 is 0 Å². The molecular weight excluding hydrogens is 536 g/mol. The predicted octanol–water partition coefficient (Wildman–Crippen LogP) is 7.68. The first-order chi connectivity index (χ1) is 18.9. The zero-order valence-corrected chi connectivity index (χ0v) is 23.1. The Balaban J connectivity index is 1.28. The van der Waals surface area contributed by atoms with Gasteiger partial charge in [0.2, 0.25) is 0 Å². The lowest BCUT2D eigenvalue weighted by molar-refractivity contribution is 0.152. The van der Waals surface area contributed by atoms with E-state index < -0.39 is 11.9 Å². The molecule has 1 saturated heterocycles. The Morgan fingerprint density at radius 3 is 2.56 bits per heavy atom. The number of piperidine rings is 1. The molecule has 3 heterocycles. The zero-order valence-electron chi connectivity index (χ0n) is 21.6. The van der Waals surface area contributed by atoms with Gasteiger partial charge in [-0.1, -0.05) is 59.6 Å². The summed E-state index contributed by atoms with van der Waals surface area (Å²) in [7, 11) is 0. The number of hydrogen-bond acceptors (Lipinski definition) is 5. The highest BCUT2D eigenvalue weighted by molar-refractivity contribution is 6.36. The van der Waals surface area contributed by atoms with Crippen LogP contribution in [0.25, 0.3) is 11.1 Å². The molecule has 2 aromatic carbocycles. The van der Waals surface area contributed by atoms with Crippen LogP contribution in [0.15, 0.2) is 79.8 Å². The molecular formula is C30H30Cl2FN5O. The highest BCUT2D eigenvalue weighted by Crippen LogP contribution is 2.37. The second-order valence-electron chi connectivity index (χ2n) is 9.69. The van der Waals surface area contributed by atoms with Crippen molar-refractivity contribution < 1.29 is 9.13 Å². The third-order valence-corrected chi connectivity index (χ3v) is 7.95. The second-order valence-corrected chi connectivity index (χ2v) is 10.5. The van der Waals surface area contributed by atoms with E-state index in [0.717, 1.165) is 37.1 Å². The van der Waals surface area contributed by atoms with Gasteiger partial charge in [-0.15, -0.1) is 6.58 Å². The van der Waals surface area contributed by atoms with Gasteiger partial charge in [0.1, 0.15) is 11.9 Å². The van der Waals surface area contributed by atoms with Crippen LogP contribution in [0.5, 0.6) is 5.75 Å². The molecule has 2 aromatic heterocycles. The Morgan fingerprint density at radius 2 is 1.85 bits per heavy atom. The number of hydrogen-bond donors (Lipinski definition) is 1. The summed E-state index contributed by atoms with van der Waals surface area (Å²) in [5.74, 6) is 0.00252. The van der Waals surface area contributed by atoms with Gasteiger partial charge in [0.15, 0.2) is 11.6 Å². The number of anilines is 1. The molecule has 2 atom stereocenters. The SMILES string of the molecule is C=C[C@H](c1ccccc1)N1CCC(n2cc(-c3cnc(N)c(OC(C)c4c(Cl)ccc(F)c4Cl)c3)cn2)CC1. The number of likely N-dealkylation sites (tertiary alicyclic amines) is 1. The fourth-order valence-electron chi connectivity index (χ4n) is 5.13. The van der Waals surface area contributed by atoms with Crippen molar-refractivity contribution in [2.75, 3.05) is 18.8 Å². The maximum atomic E-state index is 14.0. The van der Waals surface area contributed by atoms with E-state index in [-0.39, 0.29) is 16.9 Å². The van der Waals surface area contributed by atoms with Crippen molar-refractivity contribution in [3.63, 3.8) is 0 Å². The van der Waals surface area contributed by atoms with Crippen molar-refractivity contribution in [1.29, 1.82) is 0 Å². The van der Waals surface area contributed by atoms with Crippen molar-refractivity contribution in [3.8, 4) is 16.9 Å². The van der Waals surface area contributed by atoms with Gasteiger partial charge in [0.05, 0.1) is 23.3 Å². The summed E-state index contributed by atoms with van der Waals surface area (Å²) in [4.78, 5) is 6.78. The Labute approximate surface area is 237 Å². The topological polar surface area (TPSA) is 69.2 Å². The average Bonchev–Trinajstić information content (AvgIpc) is 3.44. The molecule has 1 fully saturated rings. The van der Waals surface area contributed by atoms with Gasteiger partial charge in [-0.2, -0.15) is 5.10 Å². The Hall–Kier alpha value is -3.39. The van der Waals surface area contributed by atoms with Gasteiger partial charge in [-0.25, -0.2) is 9.37 Å². The second kappa shape index (κ2) is 11.8. The van der Waals surface area contributed by atoms with Crippen molar-refractivity contribution in [2.24, 2.45) is 0 Å². The molecule has 0 bridgehead atoms. The van der Waals surface area contributed by atoms with E-state index in [1.165, 1.54) is 17.7 Å². The lowest BCUT2D eigenvalue weighted by Gasteiger charge is -2.36. The average molecular weight is 567 g/mol. The van der Waals surface area contributed by atoms with Gasteiger partial charge in [0.25, 0.3) is 0 Å². The maximum absolute atomic E-state index is 14.0. The normalized spacial score (nSPS) is 16.1. The number of halogens is 3. The summed E-state index contributed by atoms with van der Waals surface area (Å²) in [6.07, 6.45) is 8.88. The molecule has 1 unspecified atom stereocenters. The molecule has 0 amide bonds. The lowest BCUT2D eigenvalue weighted by Crippen LogP contribution is -2.36. The summed E-state index contributed by atoms with van der Waals surface area (Å²) in [5, 5.41) is 4.90. The number of nitrogens with two attached hydrogens (primary N) is 1. The van der Waals surface area contributed by atoms with Gasteiger partial charge < -0.3 is 10.5 Å². The van der Waals surface area contributed by atoms with Crippen LogP contribution < -0.4 is 10.5 Å². The van der Waals surface area contributed by atoms with Crippen LogP contribution in [0.3, 0.4) is 0 Å². The van der Waals surface area contributed by atoms with E-state index in [9.17, 15) is 4.39 Å². The van der Waals surface area contributed by atoms with Crippen LogP contribution in [-0.4, -0.2) is 32.8 Å². The summed E-state index contributed by atoms with van der Waals surface area (Å²) < 4.78 is 22.1. The Kier molecular flexibility index (Phi) is 8.21. The molecule has 9 heteroatoms. The summed E-state index contributed by atoms with van der Waals surface area (Å²) >= 11 is 12.4. The molecule has 4 aromatic rings. The molecule has 0 saturated carbocycles. The van der Waals surface area contributed by atoms with Crippen molar-refractivity contribution >= 4 is 29.0 Å². The van der Waals surface area contributed by atoms with Gasteiger partial charge in [-0.05, 0) is 43.5 Å². The number of ether oxygens (including phenoxy) is 1. The van der Waals surface area contributed by atoms with Crippen molar-refractivity contribution in [3.05, 3.63) is 107 Å². The fourth-order valence-corrected chi connectivity index (χ4v) is 5.81. The molecule has 0 aliphatic carbocycles. The van der Waals surface area contributed by atoms with Crippen LogP contribution in [0.4, 0.5) is 10.2 Å². The van der Waals surface area contributed by atoms with Gasteiger partial charge in [0, 0.05) is 47.2 Å². The molecule has 1 aliphatic rings. The van der Waals surface area contributed by atoms with E-state index in [1.54, 1.807) is 19.2 Å². The molecule has 6 nitrogen and oxygen atoms in total. The van der Waals surface area contributed by atoms with Crippen LogP contribution in [-0.2, 0) is 0 Å². The number of nitrogen functional groups attached to an aromatic ring is 1. The predicted molar refractivity (Wildman–Crippen MR) is 155 cm³/mol. The smallest absolute Gasteiger partial charge is 0.166 e. The largest absolute Gasteiger partial charge is 0.482 e. The molecule has 1 aliphatic heterocycles. The van der Waals surface area contributed by atoms with E-state index in [0.29, 0.717) is 22.4 Å². The van der Waals surface area contributed by atoms with Crippen LogP contribution in [0.2, 0.25) is 10.0 Å². The Bertz CT molecular complexity index is 1450. The number of pyridine rings is 1. The summed E-state index contributed by atoms with van der Waals surface area (Å²) in [6, 6.07) is 15.5. The maximum Gasteiger partial charge on any atom is 0.166 e. The number of rotatable bonds is 8. The van der Waals surface area contributed by atoms with Crippen LogP contribution in [0.1, 0.15) is 49.1 Å². The highest BCUT2D eigenvalue weighted by atomic mass is 35.5. The van der Waals surface area contributed by atoms with Gasteiger partial charge in [-0.3, -0.25) is 9.58 Å².